The van der Waals surface area contributed by atoms with Gasteiger partial charge in [0.05, 0.1) is 0 Å². The van der Waals surface area contributed by atoms with Crippen LogP contribution in [0.2, 0.25) is 0 Å². The van der Waals surface area contributed by atoms with Crippen LogP contribution < -0.4 is 0 Å². The van der Waals surface area contributed by atoms with Crippen molar-refractivity contribution in [2.45, 2.75) is 0 Å². The van der Waals surface area contributed by atoms with Crippen molar-refractivity contribution < 1.29 is 4.79 Å². The van der Waals surface area contributed by atoms with E-state index in [1.807, 2.05) is 6.07 Å². The van der Waals surface area contributed by atoms with E-state index in [1.54, 1.807) is 20.3 Å². The van der Waals surface area contributed by atoms with Crippen LogP contribution in [-0.2, 0) is 0 Å². The zero-order valence-corrected chi connectivity index (χ0v) is 11.5. The quantitative estimate of drug-likeness (QED) is 0.674. The Kier molecular flexibility index (Phi) is 3.89. The number of aromatic nitrogens is 1. The third kappa shape index (κ3) is 2.76. The van der Waals surface area contributed by atoms with Crippen LogP contribution in [0.3, 0.4) is 0 Å². The van der Waals surface area contributed by atoms with E-state index >= 15 is 0 Å². The van der Waals surface area contributed by atoms with Crippen LogP contribution in [-0.4, -0.2) is 29.9 Å². The van der Waals surface area contributed by atoms with Gasteiger partial charge < -0.3 is 4.90 Å². The normalized spacial score (nSPS) is 9.85. The lowest BCUT2D eigenvalue weighted by molar-refractivity contribution is 0.0821. The zero-order valence-electron chi connectivity index (χ0n) is 7.21. The summed E-state index contributed by atoms with van der Waals surface area (Å²) >= 11 is 4.29. The van der Waals surface area contributed by atoms with Gasteiger partial charge in [-0.05, 0) is 51.2 Å². The molecule has 1 rings (SSSR count). The van der Waals surface area contributed by atoms with E-state index in [2.05, 4.69) is 50.2 Å². The van der Waals surface area contributed by atoms with Crippen LogP contribution in [0.15, 0.2) is 12.3 Å². The highest BCUT2D eigenvalue weighted by molar-refractivity contribution is 14.1. The number of pyridine rings is 1. The van der Waals surface area contributed by atoms with Gasteiger partial charge in [0.15, 0.2) is 0 Å². The predicted octanol–water partition coefficient (Wildman–Crippen LogP) is 1.99. The SMILES string of the molecule is CN(C)C(=O)c1ncc(I)cc1I. The summed E-state index contributed by atoms with van der Waals surface area (Å²) in [5.41, 5.74) is 0.519. The smallest absolute Gasteiger partial charge is 0.273 e. The van der Waals surface area contributed by atoms with Crippen LogP contribution in [0.1, 0.15) is 10.5 Å². The van der Waals surface area contributed by atoms with Crippen LogP contribution in [0.4, 0.5) is 0 Å². The lowest BCUT2D eigenvalue weighted by Crippen LogP contribution is -2.23. The van der Waals surface area contributed by atoms with E-state index in [0.29, 0.717) is 5.69 Å². The van der Waals surface area contributed by atoms with Gasteiger partial charge in [0.25, 0.3) is 5.91 Å². The Morgan fingerprint density at radius 2 is 2.08 bits per heavy atom. The highest BCUT2D eigenvalue weighted by Gasteiger charge is 2.13. The van der Waals surface area contributed by atoms with Crippen molar-refractivity contribution in [3.05, 3.63) is 25.1 Å². The number of rotatable bonds is 1. The van der Waals surface area contributed by atoms with Gasteiger partial charge in [0.2, 0.25) is 0 Å². The second kappa shape index (κ2) is 4.54. The molecule has 0 radical (unpaired) electrons. The lowest BCUT2D eigenvalue weighted by Gasteiger charge is -2.10. The summed E-state index contributed by atoms with van der Waals surface area (Å²) < 4.78 is 1.93. The van der Waals surface area contributed by atoms with Crippen LogP contribution in [0.25, 0.3) is 0 Å². The maximum Gasteiger partial charge on any atom is 0.273 e. The number of nitrogens with zero attached hydrogens (tertiary/aromatic N) is 2. The molecular weight excluding hydrogens is 394 g/mol. The summed E-state index contributed by atoms with van der Waals surface area (Å²) in [5, 5.41) is 0. The standard InChI is InChI=1S/C8H8I2N2O/c1-12(2)8(13)7-6(10)3-5(9)4-11-7/h3-4H,1-2H3. The largest absolute Gasteiger partial charge is 0.343 e. The molecule has 70 valence electrons. The van der Waals surface area contributed by atoms with Gasteiger partial charge in [-0.15, -0.1) is 0 Å². The van der Waals surface area contributed by atoms with Crippen molar-refractivity contribution in [3.8, 4) is 0 Å². The van der Waals surface area contributed by atoms with Crippen molar-refractivity contribution in [2.24, 2.45) is 0 Å². The first-order valence-corrected chi connectivity index (χ1v) is 5.71. The van der Waals surface area contributed by atoms with Crippen molar-refractivity contribution >= 4 is 51.1 Å². The van der Waals surface area contributed by atoms with Gasteiger partial charge in [-0.3, -0.25) is 4.79 Å². The van der Waals surface area contributed by atoms with Gasteiger partial charge in [0, 0.05) is 27.4 Å². The van der Waals surface area contributed by atoms with Gasteiger partial charge in [-0.2, -0.15) is 0 Å². The Balaban J connectivity index is 3.09. The summed E-state index contributed by atoms with van der Waals surface area (Å²) in [7, 11) is 3.44. The summed E-state index contributed by atoms with van der Waals surface area (Å²) in [5.74, 6) is -0.0548. The predicted molar refractivity (Wildman–Crippen MR) is 67.7 cm³/mol. The molecule has 0 bridgehead atoms. The minimum atomic E-state index is -0.0548. The first-order valence-electron chi connectivity index (χ1n) is 3.55. The minimum absolute atomic E-state index is 0.0548. The molecule has 0 aliphatic rings. The minimum Gasteiger partial charge on any atom is -0.343 e. The maximum atomic E-state index is 11.5. The number of carbonyl (C=O) groups excluding carboxylic acids is 1. The van der Waals surface area contributed by atoms with E-state index in [9.17, 15) is 4.79 Å². The molecule has 0 N–H and O–H groups in total. The Morgan fingerprint density at radius 3 is 2.54 bits per heavy atom. The van der Waals surface area contributed by atoms with Gasteiger partial charge >= 0.3 is 0 Å². The Bertz CT molecular complexity index is 339. The molecule has 0 unspecified atom stereocenters. The van der Waals surface area contributed by atoms with E-state index < -0.39 is 0 Å². The fourth-order valence-electron chi connectivity index (χ4n) is 0.784. The second-order valence-corrected chi connectivity index (χ2v) is 5.09. The molecule has 0 spiro atoms. The van der Waals surface area contributed by atoms with Gasteiger partial charge in [0.1, 0.15) is 5.69 Å². The Morgan fingerprint density at radius 1 is 1.46 bits per heavy atom. The molecule has 0 atom stereocenters. The van der Waals surface area contributed by atoms with Crippen molar-refractivity contribution in [1.82, 2.24) is 9.88 Å². The summed E-state index contributed by atoms with van der Waals surface area (Å²) in [4.78, 5) is 17.2. The molecule has 1 amide bonds. The highest BCUT2D eigenvalue weighted by Crippen LogP contribution is 2.14. The monoisotopic (exact) mass is 402 g/mol. The molecule has 0 aliphatic heterocycles. The molecule has 1 heterocycles. The van der Waals surface area contributed by atoms with E-state index in [1.165, 1.54) is 4.90 Å². The van der Waals surface area contributed by atoms with Crippen LogP contribution in [0, 0.1) is 7.14 Å². The number of carbonyl (C=O) groups is 1. The lowest BCUT2D eigenvalue weighted by atomic mass is 10.3. The van der Waals surface area contributed by atoms with Crippen LogP contribution in [0.5, 0.6) is 0 Å². The number of hydrogen-bond acceptors (Lipinski definition) is 2. The Hall–Kier alpha value is 0.0800. The zero-order chi connectivity index (χ0) is 10.0. The van der Waals surface area contributed by atoms with Crippen molar-refractivity contribution in [3.63, 3.8) is 0 Å². The summed E-state index contributed by atoms with van der Waals surface area (Å²) in [6.07, 6.45) is 1.69. The van der Waals surface area contributed by atoms with Crippen molar-refractivity contribution in [1.29, 1.82) is 0 Å². The molecule has 1 aromatic rings. The first-order chi connectivity index (χ1) is 6.02. The fraction of sp³-hybridized carbons (Fsp3) is 0.250. The Labute approximate surface area is 104 Å². The third-order valence-corrected chi connectivity index (χ3v) is 2.83. The summed E-state index contributed by atoms with van der Waals surface area (Å²) in [6, 6.07) is 1.94. The third-order valence-electron chi connectivity index (χ3n) is 1.42. The highest BCUT2D eigenvalue weighted by atomic mass is 127. The average Bonchev–Trinajstić information content (AvgIpc) is 2.03. The first kappa shape index (κ1) is 11.2. The second-order valence-electron chi connectivity index (χ2n) is 2.68. The summed E-state index contributed by atoms with van der Waals surface area (Å²) in [6.45, 7) is 0. The topological polar surface area (TPSA) is 33.2 Å². The molecule has 0 saturated carbocycles. The van der Waals surface area contributed by atoms with Gasteiger partial charge in [-0.1, -0.05) is 0 Å². The van der Waals surface area contributed by atoms with Crippen LogP contribution >= 0.6 is 45.2 Å². The van der Waals surface area contributed by atoms with E-state index in [4.69, 9.17) is 0 Å². The maximum absolute atomic E-state index is 11.5. The number of amides is 1. The van der Waals surface area contributed by atoms with E-state index in [-0.39, 0.29) is 5.91 Å². The van der Waals surface area contributed by atoms with Gasteiger partial charge in [-0.25, -0.2) is 4.98 Å². The molecule has 1 aromatic heterocycles. The number of halogens is 2. The molecule has 3 nitrogen and oxygen atoms in total. The molecule has 0 aliphatic carbocycles. The number of hydrogen-bond donors (Lipinski definition) is 0. The molecular formula is C8H8I2N2O. The fourth-order valence-corrected chi connectivity index (χ4v) is 2.54. The molecule has 5 heteroatoms. The van der Waals surface area contributed by atoms with E-state index in [0.717, 1.165) is 7.14 Å². The molecule has 13 heavy (non-hydrogen) atoms. The average molecular weight is 402 g/mol. The molecule has 0 fully saturated rings. The van der Waals surface area contributed by atoms with Crippen molar-refractivity contribution in [2.75, 3.05) is 14.1 Å². The molecule has 0 aromatic carbocycles. The molecule has 0 saturated heterocycles.